The number of benzene rings is 2. The van der Waals surface area contributed by atoms with Crippen LogP contribution in [0.5, 0.6) is 0 Å². The molecule has 2 aromatic carbocycles. The summed E-state index contributed by atoms with van der Waals surface area (Å²) >= 11 is 0. The van der Waals surface area contributed by atoms with Gasteiger partial charge in [0.2, 0.25) is 0 Å². The minimum absolute atomic E-state index is 0.000880. The van der Waals surface area contributed by atoms with Crippen molar-refractivity contribution in [2.45, 2.75) is 24.7 Å². The second-order valence-corrected chi connectivity index (χ2v) is 5.43. The van der Waals surface area contributed by atoms with E-state index >= 15 is 0 Å². The lowest BCUT2D eigenvalue weighted by Gasteiger charge is -2.07. The molecule has 2 aromatic rings. The summed E-state index contributed by atoms with van der Waals surface area (Å²) in [6, 6.07) is 10.7. The largest absolute Gasteiger partial charge is 0.295 e. The highest BCUT2D eigenvalue weighted by atomic mass is 32.2. The summed E-state index contributed by atoms with van der Waals surface area (Å²) in [5.41, 5.74) is 0.929. The molecule has 0 aliphatic heterocycles. The van der Waals surface area contributed by atoms with Gasteiger partial charge in [-0.3, -0.25) is 4.55 Å². The molecule has 2 rings (SSSR count). The van der Waals surface area contributed by atoms with Crippen LogP contribution >= 0.6 is 0 Å². The molecule has 0 amide bonds. The van der Waals surface area contributed by atoms with Crippen LogP contribution in [0.3, 0.4) is 0 Å². The second-order valence-electron chi connectivity index (χ2n) is 4.04. The second kappa shape index (κ2) is 4.47. The number of aryl methyl sites for hydroxylation is 1. The topological polar surface area (TPSA) is 54.4 Å². The van der Waals surface area contributed by atoms with Crippen LogP contribution < -0.4 is 0 Å². The average Bonchev–Trinajstić information content (AvgIpc) is 2.27. The Morgan fingerprint density at radius 3 is 2.53 bits per heavy atom. The molecule has 1 N–H and O–H groups in total. The molecule has 0 atom stereocenters. The molecule has 0 aromatic heterocycles. The lowest BCUT2D eigenvalue weighted by atomic mass is 10.0. The van der Waals surface area contributed by atoms with Crippen molar-refractivity contribution >= 4 is 20.9 Å². The highest BCUT2D eigenvalue weighted by molar-refractivity contribution is 7.86. The summed E-state index contributed by atoms with van der Waals surface area (Å²) in [7, 11) is -4.17. The third-order valence-electron chi connectivity index (χ3n) is 2.70. The first-order valence-corrected chi connectivity index (χ1v) is 6.95. The maximum Gasteiger partial charge on any atom is 0.295 e. The molecule has 0 unspecified atom stereocenters. The van der Waals surface area contributed by atoms with Gasteiger partial charge in [-0.25, -0.2) is 0 Å². The van der Waals surface area contributed by atoms with Gasteiger partial charge in [0.15, 0.2) is 0 Å². The van der Waals surface area contributed by atoms with Crippen molar-refractivity contribution in [2.24, 2.45) is 0 Å². The van der Waals surface area contributed by atoms with Crippen molar-refractivity contribution in [1.29, 1.82) is 0 Å². The Balaban J connectivity index is 2.79. The predicted octanol–water partition coefficient (Wildman–Crippen LogP) is 3.04. The van der Waals surface area contributed by atoms with Gasteiger partial charge in [0.1, 0.15) is 4.90 Å². The molecule has 0 aliphatic carbocycles. The first-order chi connectivity index (χ1) is 8.02. The lowest BCUT2D eigenvalue weighted by molar-refractivity contribution is 0.484. The van der Waals surface area contributed by atoms with E-state index in [0.717, 1.165) is 23.8 Å². The molecule has 17 heavy (non-hydrogen) atoms. The van der Waals surface area contributed by atoms with Crippen LogP contribution in [0.1, 0.15) is 18.9 Å². The van der Waals surface area contributed by atoms with Gasteiger partial charge in [-0.15, -0.1) is 0 Å². The molecule has 0 saturated carbocycles. The first kappa shape index (κ1) is 12.1. The van der Waals surface area contributed by atoms with Crippen molar-refractivity contribution in [3.63, 3.8) is 0 Å². The monoisotopic (exact) mass is 250 g/mol. The molecule has 0 bridgehead atoms. The van der Waals surface area contributed by atoms with Crippen LogP contribution in [-0.4, -0.2) is 13.0 Å². The van der Waals surface area contributed by atoms with E-state index in [0.29, 0.717) is 5.39 Å². The summed E-state index contributed by atoms with van der Waals surface area (Å²) in [4.78, 5) is -0.000880. The van der Waals surface area contributed by atoms with Gasteiger partial charge in [-0.05, 0) is 23.4 Å². The van der Waals surface area contributed by atoms with Crippen molar-refractivity contribution in [2.75, 3.05) is 0 Å². The van der Waals surface area contributed by atoms with Gasteiger partial charge >= 0.3 is 0 Å². The van der Waals surface area contributed by atoms with E-state index in [4.69, 9.17) is 0 Å². The van der Waals surface area contributed by atoms with Gasteiger partial charge in [-0.2, -0.15) is 8.42 Å². The number of hydrogen-bond acceptors (Lipinski definition) is 2. The number of rotatable bonds is 3. The van der Waals surface area contributed by atoms with E-state index in [2.05, 4.69) is 0 Å². The lowest BCUT2D eigenvalue weighted by Crippen LogP contribution is -2.00. The third-order valence-corrected chi connectivity index (χ3v) is 3.59. The van der Waals surface area contributed by atoms with E-state index in [-0.39, 0.29) is 4.90 Å². The minimum atomic E-state index is -4.17. The number of hydrogen-bond donors (Lipinski definition) is 1. The smallest absolute Gasteiger partial charge is 0.282 e. The molecule has 0 fully saturated rings. The van der Waals surface area contributed by atoms with E-state index < -0.39 is 10.1 Å². The van der Waals surface area contributed by atoms with Crippen molar-refractivity contribution in [3.05, 3.63) is 42.0 Å². The number of fused-ring (bicyclic) bond motifs is 1. The van der Waals surface area contributed by atoms with Crippen LogP contribution in [0.4, 0.5) is 0 Å². The van der Waals surface area contributed by atoms with Gasteiger partial charge in [-0.1, -0.05) is 43.7 Å². The fourth-order valence-electron chi connectivity index (χ4n) is 1.98. The Kier molecular flexibility index (Phi) is 3.17. The van der Waals surface area contributed by atoms with Crippen LogP contribution in [0, 0.1) is 0 Å². The van der Waals surface area contributed by atoms with Crippen molar-refractivity contribution in [1.82, 2.24) is 0 Å². The standard InChI is InChI=1S/C13H14O3S/c1-2-5-10-8-11-6-3-4-7-12(11)13(9-10)17(14,15)16/h3-4,6-9H,2,5H2,1H3,(H,14,15,16). The Morgan fingerprint density at radius 2 is 1.88 bits per heavy atom. The highest BCUT2D eigenvalue weighted by Gasteiger charge is 2.14. The highest BCUT2D eigenvalue weighted by Crippen LogP contribution is 2.25. The Labute approximate surface area is 101 Å². The van der Waals surface area contributed by atoms with Gasteiger partial charge in [0.25, 0.3) is 10.1 Å². The molecule has 0 aliphatic rings. The molecular formula is C13H14O3S. The molecule has 4 heteroatoms. The van der Waals surface area contributed by atoms with Gasteiger partial charge in [0, 0.05) is 5.39 Å². The molecule has 90 valence electrons. The maximum atomic E-state index is 11.4. The molecular weight excluding hydrogens is 236 g/mol. The predicted molar refractivity (Wildman–Crippen MR) is 67.8 cm³/mol. The fourth-order valence-corrected chi connectivity index (χ4v) is 2.75. The van der Waals surface area contributed by atoms with Gasteiger partial charge in [0.05, 0.1) is 0 Å². The first-order valence-electron chi connectivity index (χ1n) is 5.51. The quantitative estimate of drug-likeness (QED) is 0.852. The molecule has 0 spiro atoms. The SMILES string of the molecule is CCCc1cc(S(=O)(=O)O)c2ccccc2c1. The van der Waals surface area contributed by atoms with E-state index in [9.17, 15) is 13.0 Å². The van der Waals surface area contributed by atoms with Crippen LogP contribution in [0.2, 0.25) is 0 Å². The third kappa shape index (κ3) is 2.48. The van der Waals surface area contributed by atoms with Crippen LogP contribution in [0.15, 0.2) is 41.3 Å². The molecule has 0 radical (unpaired) electrons. The van der Waals surface area contributed by atoms with Gasteiger partial charge < -0.3 is 0 Å². The normalized spacial score (nSPS) is 11.9. The van der Waals surface area contributed by atoms with E-state index in [1.807, 2.05) is 25.1 Å². The zero-order chi connectivity index (χ0) is 12.5. The maximum absolute atomic E-state index is 11.4. The molecule has 0 heterocycles. The fraction of sp³-hybridized carbons (Fsp3) is 0.231. The molecule has 0 saturated heterocycles. The molecule has 3 nitrogen and oxygen atoms in total. The minimum Gasteiger partial charge on any atom is -0.282 e. The zero-order valence-electron chi connectivity index (χ0n) is 9.55. The van der Waals surface area contributed by atoms with Crippen LogP contribution in [0.25, 0.3) is 10.8 Å². The zero-order valence-corrected chi connectivity index (χ0v) is 10.4. The van der Waals surface area contributed by atoms with E-state index in [1.165, 1.54) is 0 Å². The summed E-state index contributed by atoms with van der Waals surface area (Å²) in [6.45, 7) is 2.03. The van der Waals surface area contributed by atoms with Crippen molar-refractivity contribution in [3.8, 4) is 0 Å². The average molecular weight is 250 g/mol. The Bertz CT molecular complexity index is 645. The van der Waals surface area contributed by atoms with Crippen molar-refractivity contribution < 1.29 is 13.0 Å². The Hall–Kier alpha value is -1.39. The summed E-state index contributed by atoms with van der Waals surface area (Å²) in [6.07, 6.45) is 1.73. The summed E-state index contributed by atoms with van der Waals surface area (Å²) in [5.74, 6) is 0. The van der Waals surface area contributed by atoms with E-state index in [1.54, 1.807) is 18.2 Å². The summed E-state index contributed by atoms with van der Waals surface area (Å²) < 4.78 is 32.0. The Morgan fingerprint density at radius 1 is 1.18 bits per heavy atom. The summed E-state index contributed by atoms with van der Waals surface area (Å²) in [5, 5.41) is 1.40. The van der Waals surface area contributed by atoms with Crippen LogP contribution in [-0.2, 0) is 16.5 Å².